The van der Waals surface area contributed by atoms with Gasteiger partial charge in [-0.05, 0) is 18.6 Å². The first kappa shape index (κ1) is 12.7. The molecule has 0 aliphatic heterocycles. The molecule has 0 bridgehead atoms. The molecule has 94 valence electrons. The third kappa shape index (κ3) is 2.41. The zero-order valence-electron chi connectivity index (χ0n) is 9.89. The Labute approximate surface area is 110 Å². The van der Waals surface area contributed by atoms with Crippen molar-refractivity contribution in [3.05, 3.63) is 41.4 Å². The lowest BCUT2D eigenvalue weighted by Crippen LogP contribution is -2.25. The van der Waals surface area contributed by atoms with Crippen LogP contribution < -0.4 is 4.74 Å². The lowest BCUT2D eigenvalue weighted by atomic mass is 10.1. The normalized spacial score (nSPS) is 12.3. The Kier molecular flexibility index (Phi) is 3.72. The van der Waals surface area contributed by atoms with Gasteiger partial charge in [-0.3, -0.25) is 0 Å². The fraction of sp³-hybridized carbons (Fsp3) is 0.214. The number of hydrogen-bond acceptors (Lipinski definition) is 2. The molecule has 0 heterocycles. The monoisotopic (exact) mass is 264 g/mol. The fourth-order valence-electron chi connectivity index (χ4n) is 1.80. The standard InChI is InChI=1S/C14H13ClO3/c1-2-12(14(16)17)18-13-8-7-11(15)9-5-3-4-6-10(9)13/h3-8,12H,2H2,1H3,(H,16,17). The van der Waals surface area contributed by atoms with Crippen molar-refractivity contribution in [3.8, 4) is 5.75 Å². The summed E-state index contributed by atoms with van der Waals surface area (Å²) in [5.41, 5.74) is 0. The zero-order valence-corrected chi connectivity index (χ0v) is 10.6. The van der Waals surface area contributed by atoms with Crippen LogP contribution in [0.4, 0.5) is 0 Å². The highest BCUT2D eigenvalue weighted by atomic mass is 35.5. The maximum Gasteiger partial charge on any atom is 0.344 e. The van der Waals surface area contributed by atoms with Crippen LogP contribution in [0.3, 0.4) is 0 Å². The second-order valence-electron chi connectivity index (χ2n) is 3.94. The summed E-state index contributed by atoms with van der Waals surface area (Å²) in [7, 11) is 0. The summed E-state index contributed by atoms with van der Waals surface area (Å²) in [6, 6.07) is 10.9. The van der Waals surface area contributed by atoms with E-state index in [0.717, 1.165) is 10.8 Å². The number of ether oxygens (including phenoxy) is 1. The van der Waals surface area contributed by atoms with Gasteiger partial charge in [0, 0.05) is 15.8 Å². The van der Waals surface area contributed by atoms with Gasteiger partial charge in [-0.15, -0.1) is 0 Å². The Bertz CT molecular complexity index is 580. The minimum absolute atomic E-state index is 0.409. The van der Waals surface area contributed by atoms with Gasteiger partial charge in [0.25, 0.3) is 0 Å². The van der Waals surface area contributed by atoms with Crippen LogP contribution in [0.1, 0.15) is 13.3 Å². The van der Waals surface area contributed by atoms with Crippen molar-refractivity contribution in [1.82, 2.24) is 0 Å². The first-order chi connectivity index (χ1) is 8.63. The second-order valence-corrected chi connectivity index (χ2v) is 4.35. The molecular weight excluding hydrogens is 252 g/mol. The van der Waals surface area contributed by atoms with Crippen LogP contribution >= 0.6 is 11.6 Å². The van der Waals surface area contributed by atoms with Gasteiger partial charge in [-0.1, -0.05) is 42.8 Å². The summed E-state index contributed by atoms with van der Waals surface area (Å²) in [4.78, 5) is 11.0. The van der Waals surface area contributed by atoms with Crippen LogP contribution in [-0.4, -0.2) is 17.2 Å². The molecule has 0 aromatic heterocycles. The summed E-state index contributed by atoms with van der Waals surface area (Å²) in [6.07, 6.45) is -0.429. The maximum atomic E-state index is 11.0. The van der Waals surface area contributed by atoms with E-state index in [0.29, 0.717) is 17.2 Å². The Balaban J connectivity index is 2.45. The van der Waals surface area contributed by atoms with Gasteiger partial charge in [0.15, 0.2) is 6.10 Å². The van der Waals surface area contributed by atoms with Crippen molar-refractivity contribution < 1.29 is 14.6 Å². The maximum absolute atomic E-state index is 11.0. The molecular formula is C14H13ClO3. The zero-order chi connectivity index (χ0) is 13.1. The highest BCUT2D eigenvalue weighted by Gasteiger charge is 2.18. The fourth-order valence-corrected chi connectivity index (χ4v) is 2.03. The lowest BCUT2D eigenvalue weighted by molar-refractivity contribution is -0.145. The highest BCUT2D eigenvalue weighted by Crippen LogP contribution is 2.32. The van der Waals surface area contributed by atoms with Crippen LogP contribution in [0, 0.1) is 0 Å². The van der Waals surface area contributed by atoms with Gasteiger partial charge in [0.2, 0.25) is 0 Å². The number of aliphatic carboxylic acids is 1. The quantitative estimate of drug-likeness (QED) is 0.915. The average Bonchev–Trinajstić information content (AvgIpc) is 2.38. The van der Waals surface area contributed by atoms with Gasteiger partial charge in [0.1, 0.15) is 5.75 Å². The first-order valence-corrected chi connectivity index (χ1v) is 6.08. The van der Waals surface area contributed by atoms with Crippen molar-refractivity contribution in [3.63, 3.8) is 0 Å². The molecule has 0 saturated carbocycles. The minimum Gasteiger partial charge on any atom is -0.479 e. The number of carboxylic acids is 1. The average molecular weight is 265 g/mol. The van der Waals surface area contributed by atoms with Gasteiger partial charge in [-0.25, -0.2) is 4.79 Å². The van der Waals surface area contributed by atoms with Gasteiger partial charge in [-0.2, -0.15) is 0 Å². The summed E-state index contributed by atoms with van der Waals surface area (Å²) in [5, 5.41) is 11.3. The SMILES string of the molecule is CCC(Oc1ccc(Cl)c2ccccc12)C(=O)O. The second kappa shape index (κ2) is 5.27. The van der Waals surface area contributed by atoms with Crippen LogP contribution in [0.5, 0.6) is 5.75 Å². The third-order valence-corrected chi connectivity index (χ3v) is 3.08. The van der Waals surface area contributed by atoms with Crippen molar-refractivity contribution in [2.75, 3.05) is 0 Å². The van der Waals surface area contributed by atoms with Gasteiger partial charge < -0.3 is 9.84 Å². The van der Waals surface area contributed by atoms with Crippen molar-refractivity contribution in [1.29, 1.82) is 0 Å². The van der Waals surface area contributed by atoms with E-state index in [-0.39, 0.29) is 0 Å². The summed E-state index contributed by atoms with van der Waals surface area (Å²) in [5.74, 6) is -0.416. The van der Waals surface area contributed by atoms with Crippen molar-refractivity contribution in [2.45, 2.75) is 19.4 Å². The van der Waals surface area contributed by atoms with E-state index in [4.69, 9.17) is 21.4 Å². The molecule has 18 heavy (non-hydrogen) atoms. The molecule has 0 radical (unpaired) electrons. The molecule has 2 rings (SSSR count). The van der Waals surface area contributed by atoms with Gasteiger partial charge in [0.05, 0.1) is 0 Å². The van der Waals surface area contributed by atoms with Gasteiger partial charge >= 0.3 is 5.97 Å². The Morgan fingerprint density at radius 3 is 2.56 bits per heavy atom. The molecule has 0 spiro atoms. The van der Waals surface area contributed by atoms with Crippen LogP contribution in [0.2, 0.25) is 5.02 Å². The molecule has 0 aliphatic rings. The molecule has 0 saturated heterocycles. The number of benzene rings is 2. The molecule has 0 aliphatic carbocycles. The third-order valence-electron chi connectivity index (χ3n) is 2.75. The van der Waals surface area contributed by atoms with E-state index < -0.39 is 12.1 Å². The summed E-state index contributed by atoms with van der Waals surface area (Å²) < 4.78 is 5.54. The molecule has 4 heteroatoms. The largest absolute Gasteiger partial charge is 0.479 e. The highest BCUT2D eigenvalue weighted by molar-refractivity contribution is 6.35. The number of halogens is 1. The Morgan fingerprint density at radius 2 is 1.94 bits per heavy atom. The minimum atomic E-state index is -0.962. The smallest absolute Gasteiger partial charge is 0.344 e. The summed E-state index contributed by atoms with van der Waals surface area (Å²) in [6.45, 7) is 1.77. The Hall–Kier alpha value is -1.74. The topological polar surface area (TPSA) is 46.5 Å². The summed E-state index contributed by atoms with van der Waals surface area (Å²) >= 11 is 6.09. The number of carboxylic acid groups (broad SMARTS) is 1. The molecule has 0 amide bonds. The molecule has 2 aromatic rings. The predicted molar refractivity (Wildman–Crippen MR) is 71.3 cm³/mol. The van der Waals surface area contributed by atoms with Crippen molar-refractivity contribution in [2.24, 2.45) is 0 Å². The molecule has 1 atom stereocenters. The number of hydrogen-bond donors (Lipinski definition) is 1. The van der Waals surface area contributed by atoms with E-state index >= 15 is 0 Å². The van der Waals surface area contributed by atoms with E-state index in [1.54, 1.807) is 19.1 Å². The molecule has 0 fully saturated rings. The van der Waals surface area contributed by atoms with E-state index in [2.05, 4.69) is 0 Å². The van der Waals surface area contributed by atoms with E-state index in [9.17, 15) is 4.79 Å². The van der Waals surface area contributed by atoms with E-state index in [1.165, 1.54) is 0 Å². The molecule has 2 aromatic carbocycles. The van der Waals surface area contributed by atoms with E-state index in [1.807, 2.05) is 24.3 Å². The predicted octanol–water partition coefficient (Wildman–Crippen LogP) is 3.74. The number of fused-ring (bicyclic) bond motifs is 1. The van der Waals surface area contributed by atoms with Crippen LogP contribution in [0.15, 0.2) is 36.4 Å². The van der Waals surface area contributed by atoms with Crippen LogP contribution in [-0.2, 0) is 4.79 Å². The van der Waals surface area contributed by atoms with Crippen LogP contribution in [0.25, 0.3) is 10.8 Å². The number of rotatable bonds is 4. The molecule has 1 N–H and O–H groups in total. The molecule has 3 nitrogen and oxygen atoms in total. The molecule has 1 unspecified atom stereocenters. The first-order valence-electron chi connectivity index (χ1n) is 5.70. The lowest BCUT2D eigenvalue weighted by Gasteiger charge is -2.15. The Morgan fingerprint density at radius 1 is 1.28 bits per heavy atom. The van der Waals surface area contributed by atoms with Crippen molar-refractivity contribution >= 4 is 28.3 Å². The number of carbonyl (C=O) groups is 1.